The van der Waals surface area contributed by atoms with E-state index in [-0.39, 0.29) is 0 Å². The molecule has 0 heterocycles. The van der Waals surface area contributed by atoms with E-state index >= 15 is 0 Å². The second-order valence-corrected chi connectivity index (χ2v) is 23.3. The first-order valence-electron chi connectivity index (χ1n) is 12.5. The van der Waals surface area contributed by atoms with Crippen molar-refractivity contribution in [2.45, 2.75) is 84.2 Å². The van der Waals surface area contributed by atoms with Crippen LogP contribution in [0.15, 0.2) is 48.6 Å². The average molecular weight is 548 g/mol. The Balaban J connectivity index is 0.000000207. The summed E-state index contributed by atoms with van der Waals surface area (Å²) in [6.45, 7) is 14.5. The Hall–Kier alpha value is -0.893. The summed E-state index contributed by atoms with van der Waals surface area (Å²) in [6.07, 6.45) is 18.4. The van der Waals surface area contributed by atoms with E-state index in [1.807, 2.05) is 12.2 Å². The molecule has 0 amide bonds. The predicted octanol–water partition coefficient (Wildman–Crippen LogP) is 7.12. The molecule has 0 spiro atoms. The first-order chi connectivity index (χ1) is 15.6. The van der Waals surface area contributed by atoms with Gasteiger partial charge in [-0.2, -0.15) is 35.0 Å². The molecule has 0 radical (unpaired) electrons. The van der Waals surface area contributed by atoms with Crippen LogP contribution in [0.3, 0.4) is 0 Å². The number of fused-ring (bicyclic) bond motifs is 3. The SMILES string of the molecule is C[Si](C)(C)c1[c-]c2c(cc1)-c1ccc([Si](C)(C)C)cc1C2.[C-]1=CC=CC1.[Zr+2]=[C]1CCCCC1. The first kappa shape index (κ1) is 26.7. The normalized spacial score (nSPS) is 16.4. The molecule has 1 saturated carbocycles. The molecule has 0 bridgehead atoms. The van der Waals surface area contributed by atoms with Crippen molar-refractivity contribution >= 4 is 29.7 Å². The molecule has 0 nitrogen and oxygen atoms in total. The Kier molecular flexibility index (Phi) is 9.46. The molecule has 0 saturated heterocycles. The van der Waals surface area contributed by atoms with Gasteiger partial charge in [-0.1, -0.05) is 73.8 Å². The van der Waals surface area contributed by atoms with E-state index in [1.54, 1.807) is 32.6 Å². The van der Waals surface area contributed by atoms with E-state index in [0.717, 1.165) is 12.8 Å². The van der Waals surface area contributed by atoms with E-state index < -0.39 is 16.1 Å². The molecule has 33 heavy (non-hydrogen) atoms. The molecule has 0 unspecified atom stereocenters. The summed E-state index contributed by atoms with van der Waals surface area (Å²) in [4.78, 5) is 0. The molecule has 1 fully saturated rings. The molecule has 2 aromatic rings. The van der Waals surface area contributed by atoms with Crippen LogP contribution >= 0.6 is 0 Å². The summed E-state index contributed by atoms with van der Waals surface area (Å²) >= 11 is 1.69. The maximum atomic E-state index is 3.74. The fourth-order valence-electron chi connectivity index (χ4n) is 4.35. The molecule has 3 aliphatic carbocycles. The summed E-state index contributed by atoms with van der Waals surface area (Å²) in [5.74, 6) is 0. The first-order valence-corrected chi connectivity index (χ1v) is 20.8. The Morgan fingerprint density at radius 3 is 2.00 bits per heavy atom. The quantitative estimate of drug-likeness (QED) is 0.237. The van der Waals surface area contributed by atoms with Gasteiger partial charge >= 0.3 is 59.5 Å². The van der Waals surface area contributed by atoms with Gasteiger partial charge in [0.15, 0.2) is 0 Å². The zero-order valence-electron chi connectivity index (χ0n) is 21.6. The van der Waals surface area contributed by atoms with Gasteiger partial charge in [0.25, 0.3) is 0 Å². The van der Waals surface area contributed by atoms with Crippen molar-refractivity contribution in [3.63, 3.8) is 0 Å². The molecular weight excluding hydrogens is 508 g/mol. The minimum absolute atomic E-state index is 1.01. The summed E-state index contributed by atoms with van der Waals surface area (Å²) < 4.78 is 1.80. The molecule has 172 valence electrons. The van der Waals surface area contributed by atoms with E-state index in [2.05, 4.69) is 87.8 Å². The monoisotopic (exact) mass is 546 g/mol. The maximum absolute atomic E-state index is 3.74. The van der Waals surface area contributed by atoms with Crippen molar-refractivity contribution in [2.24, 2.45) is 0 Å². The molecule has 0 aromatic heterocycles. The van der Waals surface area contributed by atoms with Crippen LogP contribution in [0.4, 0.5) is 0 Å². The van der Waals surface area contributed by atoms with Gasteiger partial charge in [0.2, 0.25) is 0 Å². The Morgan fingerprint density at radius 2 is 1.52 bits per heavy atom. The molecule has 3 heteroatoms. The summed E-state index contributed by atoms with van der Waals surface area (Å²) in [7, 11) is -2.49. The number of hydrogen-bond donors (Lipinski definition) is 0. The predicted molar refractivity (Wildman–Crippen MR) is 149 cm³/mol. The molecular formula is C30H40Si2Zr. The standard InChI is InChI=1S/C19H25Si2.C6H10.C5H5.Zr/c1-20(2,3)16-7-9-18-14(12-16)11-15-13-17(21(4,5)6)8-10-19(15)18;1-2-4-6-5-3-1;1-2-4-5-3-1;/h7-10,12H,11H2,1-6H3;1-5H2;1-3H,4H2;/q-1;;-1;+2. The Morgan fingerprint density at radius 1 is 0.818 bits per heavy atom. The zero-order valence-corrected chi connectivity index (χ0v) is 26.0. The third-order valence-electron chi connectivity index (χ3n) is 6.51. The number of allylic oxidation sites excluding steroid dienone is 4. The van der Waals surface area contributed by atoms with Gasteiger partial charge in [0.05, 0.1) is 16.1 Å². The van der Waals surface area contributed by atoms with Crippen LogP contribution in [0, 0.1) is 12.1 Å². The Labute approximate surface area is 219 Å². The van der Waals surface area contributed by atoms with Crippen molar-refractivity contribution in [1.29, 1.82) is 0 Å². The van der Waals surface area contributed by atoms with Crippen LogP contribution in [0.2, 0.25) is 39.3 Å². The van der Waals surface area contributed by atoms with Gasteiger partial charge in [-0.25, -0.2) is 12.2 Å². The van der Waals surface area contributed by atoms with Gasteiger partial charge in [-0.15, -0.1) is 12.0 Å². The van der Waals surface area contributed by atoms with Gasteiger partial charge in [0, 0.05) is 0 Å². The van der Waals surface area contributed by atoms with Crippen molar-refractivity contribution in [1.82, 2.24) is 0 Å². The average Bonchev–Trinajstić information content (AvgIpc) is 3.44. The van der Waals surface area contributed by atoms with E-state index in [1.165, 1.54) is 59.5 Å². The van der Waals surface area contributed by atoms with Crippen molar-refractivity contribution < 1.29 is 24.2 Å². The number of benzene rings is 2. The van der Waals surface area contributed by atoms with Crippen molar-refractivity contribution in [2.75, 3.05) is 0 Å². The molecule has 0 atom stereocenters. The van der Waals surface area contributed by atoms with Crippen LogP contribution < -0.4 is 10.4 Å². The Bertz CT molecular complexity index is 953. The zero-order chi connectivity index (χ0) is 24.1. The van der Waals surface area contributed by atoms with Crippen molar-refractivity contribution in [3.05, 3.63) is 71.8 Å². The van der Waals surface area contributed by atoms with Gasteiger partial charge in [0.1, 0.15) is 0 Å². The topological polar surface area (TPSA) is 0 Å². The van der Waals surface area contributed by atoms with Gasteiger partial charge in [-0.05, 0) is 6.42 Å². The fourth-order valence-corrected chi connectivity index (χ4v) is 7.52. The van der Waals surface area contributed by atoms with Crippen molar-refractivity contribution in [3.8, 4) is 11.1 Å². The summed E-state index contributed by atoms with van der Waals surface area (Å²) in [6, 6.07) is 15.5. The number of hydrogen-bond acceptors (Lipinski definition) is 0. The molecule has 2 aromatic carbocycles. The van der Waals surface area contributed by atoms with E-state index in [0.29, 0.717) is 0 Å². The van der Waals surface area contributed by atoms with Gasteiger partial charge in [-0.3, -0.25) is 6.08 Å². The molecule has 0 N–H and O–H groups in total. The second-order valence-electron chi connectivity index (χ2n) is 11.5. The van der Waals surface area contributed by atoms with Crippen LogP contribution in [-0.4, -0.2) is 19.4 Å². The van der Waals surface area contributed by atoms with Crippen LogP contribution in [0.5, 0.6) is 0 Å². The summed E-state index contributed by atoms with van der Waals surface area (Å²) in [5.41, 5.74) is 5.77. The number of rotatable bonds is 2. The molecule has 5 rings (SSSR count). The van der Waals surface area contributed by atoms with E-state index in [9.17, 15) is 0 Å². The third kappa shape index (κ3) is 7.81. The third-order valence-corrected chi connectivity index (χ3v) is 11.7. The summed E-state index contributed by atoms with van der Waals surface area (Å²) in [5, 5.41) is 3.03. The van der Waals surface area contributed by atoms with Crippen LogP contribution in [0.1, 0.15) is 49.7 Å². The van der Waals surface area contributed by atoms with Gasteiger partial charge < -0.3 is 0 Å². The molecule has 0 aliphatic heterocycles. The van der Waals surface area contributed by atoms with Crippen LogP contribution in [-0.2, 0) is 30.7 Å². The minimum atomic E-state index is -1.27. The molecule has 3 aliphatic rings. The van der Waals surface area contributed by atoms with Crippen LogP contribution in [0.25, 0.3) is 11.1 Å². The second kappa shape index (κ2) is 11.7. The fraction of sp³-hybridized carbons (Fsp3) is 0.433. The van der Waals surface area contributed by atoms with E-state index in [4.69, 9.17) is 0 Å².